The number of allylic oxidation sites excluding steroid dienone is 10. The lowest BCUT2D eigenvalue weighted by atomic mass is 10.0. The fraction of sp³-hybridized carbons (Fsp3) is 0.759. The van der Waals surface area contributed by atoms with E-state index in [-0.39, 0.29) is 31.1 Å². The second kappa shape index (κ2) is 48.8. The van der Waals surface area contributed by atoms with Crippen LogP contribution in [-0.2, 0) is 28.6 Å². The van der Waals surface area contributed by atoms with Gasteiger partial charge in [0.1, 0.15) is 13.2 Å². The summed E-state index contributed by atoms with van der Waals surface area (Å²) in [6, 6.07) is 0. The number of unbranched alkanes of at least 4 members (excludes halogenated alkanes) is 24. The van der Waals surface area contributed by atoms with E-state index < -0.39 is 6.10 Å². The van der Waals surface area contributed by atoms with E-state index >= 15 is 0 Å². The quantitative estimate of drug-likeness (QED) is 0.0263. The second-order valence-corrected chi connectivity index (χ2v) is 16.7. The predicted octanol–water partition coefficient (Wildman–Crippen LogP) is 16.5. The number of rotatable bonds is 45. The smallest absolute Gasteiger partial charge is 0.306 e. The summed E-state index contributed by atoms with van der Waals surface area (Å²) in [5.74, 6) is -0.938. The molecule has 60 heavy (non-hydrogen) atoms. The molecule has 0 radical (unpaired) electrons. The van der Waals surface area contributed by atoms with Gasteiger partial charge in [0.15, 0.2) is 6.10 Å². The molecule has 0 heterocycles. The van der Waals surface area contributed by atoms with Gasteiger partial charge in [-0.05, 0) is 83.5 Å². The molecule has 346 valence electrons. The number of carbonyl (C=O) groups is 3. The van der Waals surface area contributed by atoms with Gasteiger partial charge >= 0.3 is 17.9 Å². The summed E-state index contributed by atoms with van der Waals surface area (Å²) in [5.41, 5.74) is 0. The molecule has 1 atom stereocenters. The zero-order chi connectivity index (χ0) is 43.7. The van der Waals surface area contributed by atoms with Gasteiger partial charge in [0, 0.05) is 19.3 Å². The Bertz CT molecular complexity index is 1100. The molecule has 0 spiro atoms. The number of hydrogen-bond acceptors (Lipinski definition) is 6. The molecule has 0 bridgehead atoms. The maximum atomic E-state index is 12.8. The Morgan fingerprint density at radius 3 is 1.07 bits per heavy atom. The van der Waals surface area contributed by atoms with Crippen LogP contribution >= 0.6 is 0 Å². The minimum atomic E-state index is -0.792. The highest BCUT2D eigenvalue weighted by Gasteiger charge is 2.19. The maximum absolute atomic E-state index is 12.8. The predicted molar refractivity (Wildman–Crippen MR) is 256 cm³/mol. The number of ether oxygens (including phenoxy) is 3. The first kappa shape index (κ1) is 57.1. The lowest BCUT2D eigenvalue weighted by Gasteiger charge is -2.18. The van der Waals surface area contributed by atoms with Gasteiger partial charge in [0.2, 0.25) is 0 Å². The first-order valence-electron chi connectivity index (χ1n) is 25.3. The van der Waals surface area contributed by atoms with Gasteiger partial charge in [-0.2, -0.15) is 0 Å². The third-order valence-corrected chi connectivity index (χ3v) is 10.8. The third kappa shape index (κ3) is 46.2. The Balaban J connectivity index is 4.45. The molecule has 0 rings (SSSR count). The van der Waals surface area contributed by atoms with Crippen molar-refractivity contribution in [3.05, 3.63) is 60.8 Å². The Morgan fingerprint density at radius 2 is 0.650 bits per heavy atom. The minimum absolute atomic E-state index is 0.0890. The highest BCUT2D eigenvalue weighted by molar-refractivity contribution is 5.71. The fourth-order valence-electron chi connectivity index (χ4n) is 6.96. The summed E-state index contributed by atoms with van der Waals surface area (Å²) in [6.07, 6.45) is 59.2. The van der Waals surface area contributed by atoms with Crippen molar-refractivity contribution in [2.75, 3.05) is 13.2 Å². The summed E-state index contributed by atoms with van der Waals surface area (Å²) in [6.45, 7) is 6.48. The largest absolute Gasteiger partial charge is 0.462 e. The van der Waals surface area contributed by atoms with E-state index in [2.05, 4.69) is 81.5 Å². The SMILES string of the molecule is CC/C=C\C/C=C\C/C=C\C/C=C\CCCCC(=O)OCC(COC(=O)CCCCCCCCCCCCCC)OC(=O)CCCCCCC/C=C\CCCCCCCC. The molecule has 6 heteroatoms. The van der Waals surface area contributed by atoms with Crippen LogP contribution in [0.5, 0.6) is 0 Å². The molecule has 0 amide bonds. The Morgan fingerprint density at radius 1 is 0.350 bits per heavy atom. The summed E-state index contributed by atoms with van der Waals surface area (Å²) < 4.78 is 16.7. The lowest BCUT2D eigenvalue weighted by Crippen LogP contribution is -2.30. The van der Waals surface area contributed by atoms with Crippen LogP contribution < -0.4 is 0 Å². The van der Waals surface area contributed by atoms with Crippen LogP contribution in [0, 0.1) is 0 Å². The molecule has 0 aliphatic carbocycles. The number of carbonyl (C=O) groups excluding carboxylic acids is 3. The molecule has 0 saturated carbocycles. The molecule has 6 nitrogen and oxygen atoms in total. The summed E-state index contributed by atoms with van der Waals surface area (Å²) >= 11 is 0. The highest BCUT2D eigenvalue weighted by atomic mass is 16.6. The second-order valence-electron chi connectivity index (χ2n) is 16.7. The molecule has 0 aliphatic heterocycles. The first-order valence-corrected chi connectivity index (χ1v) is 25.3. The Labute approximate surface area is 370 Å². The average Bonchev–Trinajstić information content (AvgIpc) is 3.24. The molecule has 0 aromatic carbocycles. The summed E-state index contributed by atoms with van der Waals surface area (Å²) in [5, 5.41) is 0. The zero-order valence-electron chi connectivity index (χ0n) is 39.5. The number of esters is 3. The van der Waals surface area contributed by atoms with E-state index in [0.29, 0.717) is 19.3 Å². The number of hydrogen-bond donors (Lipinski definition) is 0. The first-order chi connectivity index (χ1) is 29.5. The monoisotopic (exact) mass is 839 g/mol. The molecule has 0 saturated heterocycles. The molecular weight excluding hydrogens is 745 g/mol. The molecule has 1 unspecified atom stereocenters. The molecular formula is C54H94O6. The van der Waals surface area contributed by atoms with Crippen LogP contribution in [0.2, 0.25) is 0 Å². The summed E-state index contributed by atoms with van der Waals surface area (Å²) in [4.78, 5) is 37.9. The van der Waals surface area contributed by atoms with Crippen LogP contribution in [0.15, 0.2) is 60.8 Å². The maximum Gasteiger partial charge on any atom is 0.306 e. The standard InChI is InChI=1S/C54H94O6/c1-4-7-10-13-16-19-22-25-27-29-32-35-38-41-44-47-53(56)59-50-51(49-58-52(55)46-43-40-37-34-31-24-21-18-15-12-9-6-3)60-54(57)48-45-42-39-36-33-30-28-26-23-20-17-14-11-8-5-2/h7,10,16,19,25-28,32,35,51H,4-6,8-9,11-15,17-18,20-24,29-31,33-34,36-50H2,1-3H3/b10-7-,19-16-,27-25-,28-26-,35-32-. The van der Waals surface area contributed by atoms with Gasteiger partial charge < -0.3 is 14.2 Å². The molecule has 0 N–H and O–H groups in total. The van der Waals surface area contributed by atoms with Crippen molar-refractivity contribution in [2.24, 2.45) is 0 Å². The van der Waals surface area contributed by atoms with E-state index in [1.807, 2.05) is 0 Å². The van der Waals surface area contributed by atoms with Crippen molar-refractivity contribution in [2.45, 2.75) is 252 Å². The van der Waals surface area contributed by atoms with Crippen molar-refractivity contribution in [3.8, 4) is 0 Å². The highest BCUT2D eigenvalue weighted by Crippen LogP contribution is 2.14. The molecule has 0 aromatic heterocycles. The minimum Gasteiger partial charge on any atom is -0.462 e. The lowest BCUT2D eigenvalue weighted by molar-refractivity contribution is -0.167. The average molecular weight is 839 g/mol. The molecule has 0 aliphatic rings. The molecule has 0 fully saturated rings. The van der Waals surface area contributed by atoms with Crippen LogP contribution in [0.4, 0.5) is 0 Å². The van der Waals surface area contributed by atoms with E-state index in [0.717, 1.165) is 96.3 Å². The van der Waals surface area contributed by atoms with Gasteiger partial charge in [-0.15, -0.1) is 0 Å². The fourth-order valence-corrected chi connectivity index (χ4v) is 6.96. The molecule has 0 aromatic rings. The van der Waals surface area contributed by atoms with Gasteiger partial charge in [0.25, 0.3) is 0 Å². The van der Waals surface area contributed by atoms with Crippen LogP contribution in [0.25, 0.3) is 0 Å². The van der Waals surface area contributed by atoms with Gasteiger partial charge in [-0.25, -0.2) is 0 Å². The normalized spacial score (nSPS) is 12.5. The van der Waals surface area contributed by atoms with E-state index in [1.165, 1.54) is 109 Å². The van der Waals surface area contributed by atoms with Crippen molar-refractivity contribution in [1.82, 2.24) is 0 Å². The van der Waals surface area contributed by atoms with Crippen molar-refractivity contribution in [1.29, 1.82) is 0 Å². The summed E-state index contributed by atoms with van der Waals surface area (Å²) in [7, 11) is 0. The van der Waals surface area contributed by atoms with E-state index in [1.54, 1.807) is 0 Å². The Hall–Kier alpha value is -2.89. The topological polar surface area (TPSA) is 78.9 Å². The van der Waals surface area contributed by atoms with Crippen molar-refractivity contribution < 1.29 is 28.6 Å². The third-order valence-electron chi connectivity index (χ3n) is 10.8. The van der Waals surface area contributed by atoms with Crippen LogP contribution in [-0.4, -0.2) is 37.2 Å². The van der Waals surface area contributed by atoms with Crippen LogP contribution in [0.3, 0.4) is 0 Å². The van der Waals surface area contributed by atoms with Gasteiger partial charge in [-0.3, -0.25) is 14.4 Å². The van der Waals surface area contributed by atoms with Gasteiger partial charge in [-0.1, -0.05) is 204 Å². The van der Waals surface area contributed by atoms with Gasteiger partial charge in [0.05, 0.1) is 0 Å². The van der Waals surface area contributed by atoms with Crippen molar-refractivity contribution >= 4 is 17.9 Å². The van der Waals surface area contributed by atoms with Crippen LogP contribution in [0.1, 0.15) is 245 Å². The van der Waals surface area contributed by atoms with E-state index in [9.17, 15) is 14.4 Å². The zero-order valence-corrected chi connectivity index (χ0v) is 39.5. The van der Waals surface area contributed by atoms with E-state index in [4.69, 9.17) is 14.2 Å². The van der Waals surface area contributed by atoms with Crippen molar-refractivity contribution in [3.63, 3.8) is 0 Å². The Kier molecular flexibility index (Phi) is 46.4.